The highest BCUT2D eigenvalue weighted by Gasteiger charge is 2.37. The smallest absolute Gasteiger partial charge is 0.323 e. The third kappa shape index (κ3) is 5.16. The number of carbonyl (C=O) groups is 1. The van der Waals surface area contributed by atoms with Gasteiger partial charge in [-0.3, -0.25) is 10.1 Å². The summed E-state index contributed by atoms with van der Waals surface area (Å²) in [6.45, 7) is 5.55. The summed E-state index contributed by atoms with van der Waals surface area (Å²) in [6.07, 6.45) is 3.36. The van der Waals surface area contributed by atoms with Gasteiger partial charge in [0.25, 0.3) is 0 Å². The summed E-state index contributed by atoms with van der Waals surface area (Å²) in [5.74, 6) is 0.129. The van der Waals surface area contributed by atoms with Gasteiger partial charge in [-0.05, 0) is 45.3 Å². The predicted octanol–water partition coefficient (Wildman–Crippen LogP) is 1.86. The van der Waals surface area contributed by atoms with E-state index in [9.17, 15) is 15.0 Å². The van der Waals surface area contributed by atoms with Crippen LogP contribution < -0.4 is 5.32 Å². The lowest BCUT2D eigenvalue weighted by Gasteiger charge is -2.26. The highest BCUT2D eigenvalue weighted by atomic mass is 32.2. The van der Waals surface area contributed by atoms with Crippen molar-refractivity contribution < 1.29 is 15.0 Å². The van der Waals surface area contributed by atoms with Crippen LogP contribution in [0.15, 0.2) is 0 Å². The van der Waals surface area contributed by atoms with Crippen molar-refractivity contribution in [2.75, 3.05) is 5.75 Å². The van der Waals surface area contributed by atoms with Crippen LogP contribution in [0.1, 0.15) is 46.5 Å². The second kappa shape index (κ2) is 6.78. The molecule has 3 unspecified atom stereocenters. The maximum absolute atomic E-state index is 11.3. The van der Waals surface area contributed by atoms with E-state index in [2.05, 4.69) is 5.32 Å². The van der Waals surface area contributed by atoms with E-state index >= 15 is 0 Å². The summed E-state index contributed by atoms with van der Waals surface area (Å²) in [5, 5.41) is 22.1. The van der Waals surface area contributed by atoms with Gasteiger partial charge in [0.15, 0.2) is 0 Å². The van der Waals surface area contributed by atoms with Crippen molar-refractivity contribution in [3.05, 3.63) is 0 Å². The Labute approximate surface area is 114 Å². The van der Waals surface area contributed by atoms with Crippen LogP contribution in [0.2, 0.25) is 0 Å². The van der Waals surface area contributed by atoms with E-state index in [0.717, 1.165) is 25.0 Å². The molecule has 1 aliphatic carbocycles. The van der Waals surface area contributed by atoms with Gasteiger partial charge in [0.05, 0.1) is 6.10 Å². The standard InChI is InChI=1S/C13H25NO3S/c1-9(15)10(2)18-8-4-7-13(3,12(16)17)14-11-5-6-11/h9-11,14-15H,4-8H2,1-3H3,(H,16,17). The topological polar surface area (TPSA) is 69.6 Å². The molecule has 0 aromatic carbocycles. The lowest BCUT2D eigenvalue weighted by atomic mass is 9.96. The number of nitrogens with one attached hydrogen (secondary N) is 1. The first-order chi connectivity index (χ1) is 8.35. The molecule has 0 amide bonds. The van der Waals surface area contributed by atoms with Crippen LogP contribution in [0, 0.1) is 0 Å². The van der Waals surface area contributed by atoms with Crippen LogP contribution in [-0.4, -0.2) is 44.9 Å². The minimum absolute atomic E-state index is 0.206. The molecule has 0 aliphatic heterocycles. The van der Waals surface area contributed by atoms with E-state index in [1.807, 2.05) is 6.92 Å². The number of aliphatic hydroxyl groups excluding tert-OH is 1. The molecular weight excluding hydrogens is 250 g/mol. The largest absolute Gasteiger partial charge is 0.480 e. The number of aliphatic hydroxyl groups is 1. The van der Waals surface area contributed by atoms with Crippen LogP contribution >= 0.6 is 11.8 Å². The van der Waals surface area contributed by atoms with Crippen molar-refractivity contribution in [1.29, 1.82) is 0 Å². The second-order valence-electron chi connectivity index (χ2n) is 5.48. The fourth-order valence-corrected chi connectivity index (χ4v) is 2.71. The predicted molar refractivity (Wildman–Crippen MR) is 75.0 cm³/mol. The Bertz CT molecular complexity index is 281. The first kappa shape index (κ1) is 15.8. The van der Waals surface area contributed by atoms with E-state index in [1.54, 1.807) is 25.6 Å². The Kier molecular flexibility index (Phi) is 5.95. The SMILES string of the molecule is CC(O)C(C)SCCCC(C)(NC1CC1)C(=O)O. The van der Waals surface area contributed by atoms with Crippen LogP contribution in [-0.2, 0) is 4.79 Å². The van der Waals surface area contributed by atoms with E-state index in [0.29, 0.717) is 12.5 Å². The zero-order valence-corrected chi connectivity index (χ0v) is 12.3. The average Bonchev–Trinajstić information content (AvgIpc) is 3.07. The molecule has 106 valence electrons. The molecule has 0 heterocycles. The van der Waals surface area contributed by atoms with Crippen molar-refractivity contribution in [3.63, 3.8) is 0 Å². The van der Waals surface area contributed by atoms with Crippen molar-refractivity contribution in [2.24, 2.45) is 0 Å². The van der Waals surface area contributed by atoms with Gasteiger partial charge in [-0.1, -0.05) is 6.92 Å². The summed E-state index contributed by atoms with van der Waals surface area (Å²) < 4.78 is 0. The molecule has 1 rings (SSSR count). The first-order valence-corrected chi connectivity index (χ1v) is 7.71. The molecule has 1 fully saturated rings. The molecule has 4 nitrogen and oxygen atoms in total. The summed E-state index contributed by atoms with van der Waals surface area (Å²) in [4.78, 5) is 11.3. The first-order valence-electron chi connectivity index (χ1n) is 6.66. The molecule has 0 spiro atoms. The summed E-state index contributed by atoms with van der Waals surface area (Å²) in [5.41, 5.74) is -0.796. The number of thioether (sulfide) groups is 1. The van der Waals surface area contributed by atoms with Crippen LogP contribution in [0.3, 0.4) is 0 Å². The molecule has 0 radical (unpaired) electrons. The molecular formula is C13H25NO3S. The van der Waals surface area contributed by atoms with Gasteiger partial charge in [-0.15, -0.1) is 0 Å². The fraction of sp³-hybridized carbons (Fsp3) is 0.923. The molecule has 3 atom stereocenters. The van der Waals surface area contributed by atoms with Crippen molar-refractivity contribution in [3.8, 4) is 0 Å². The monoisotopic (exact) mass is 275 g/mol. The lowest BCUT2D eigenvalue weighted by Crippen LogP contribution is -2.50. The quantitative estimate of drug-likeness (QED) is 0.560. The minimum Gasteiger partial charge on any atom is -0.480 e. The number of rotatable bonds is 9. The summed E-state index contributed by atoms with van der Waals surface area (Å²) in [6, 6.07) is 0.398. The van der Waals surface area contributed by atoms with Crippen LogP contribution in [0.25, 0.3) is 0 Å². The van der Waals surface area contributed by atoms with Gasteiger partial charge < -0.3 is 10.2 Å². The van der Waals surface area contributed by atoms with Crippen molar-refractivity contribution >= 4 is 17.7 Å². The normalized spacial score (nSPS) is 22.2. The van der Waals surface area contributed by atoms with Crippen molar-refractivity contribution in [2.45, 2.75) is 69.4 Å². The number of carboxylic acids is 1. The second-order valence-corrected chi connectivity index (χ2v) is 6.96. The van der Waals surface area contributed by atoms with Crippen LogP contribution in [0.4, 0.5) is 0 Å². The molecule has 3 N–H and O–H groups in total. The van der Waals surface area contributed by atoms with E-state index in [1.165, 1.54) is 0 Å². The molecule has 0 aromatic rings. The molecule has 1 aliphatic rings. The van der Waals surface area contributed by atoms with Crippen molar-refractivity contribution in [1.82, 2.24) is 5.32 Å². The van der Waals surface area contributed by atoms with Gasteiger partial charge in [0.2, 0.25) is 0 Å². The fourth-order valence-electron chi connectivity index (χ4n) is 1.75. The molecule has 0 saturated heterocycles. The minimum atomic E-state index is -0.796. The van der Waals surface area contributed by atoms with Gasteiger partial charge in [-0.2, -0.15) is 11.8 Å². The molecule has 1 saturated carbocycles. The summed E-state index contributed by atoms with van der Waals surface area (Å²) in [7, 11) is 0. The number of carboxylic acid groups (broad SMARTS) is 1. The Morgan fingerprint density at radius 2 is 2.11 bits per heavy atom. The Morgan fingerprint density at radius 3 is 2.56 bits per heavy atom. The molecule has 0 bridgehead atoms. The Hall–Kier alpha value is -0.260. The van der Waals surface area contributed by atoms with Gasteiger partial charge in [0.1, 0.15) is 5.54 Å². The maximum atomic E-state index is 11.3. The van der Waals surface area contributed by atoms with Gasteiger partial charge in [0, 0.05) is 11.3 Å². The zero-order valence-electron chi connectivity index (χ0n) is 11.5. The zero-order chi connectivity index (χ0) is 13.8. The molecule has 5 heteroatoms. The third-order valence-electron chi connectivity index (χ3n) is 3.45. The van der Waals surface area contributed by atoms with E-state index in [-0.39, 0.29) is 11.4 Å². The van der Waals surface area contributed by atoms with E-state index < -0.39 is 11.5 Å². The maximum Gasteiger partial charge on any atom is 0.323 e. The summed E-state index contributed by atoms with van der Waals surface area (Å²) >= 11 is 1.70. The Morgan fingerprint density at radius 1 is 1.50 bits per heavy atom. The molecule has 0 aromatic heterocycles. The molecule has 18 heavy (non-hydrogen) atoms. The highest BCUT2D eigenvalue weighted by Crippen LogP contribution is 2.26. The highest BCUT2D eigenvalue weighted by molar-refractivity contribution is 7.99. The number of hydrogen-bond donors (Lipinski definition) is 3. The third-order valence-corrected chi connectivity index (χ3v) is 4.90. The van der Waals surface area contributed by atoms with Crippen LogP contribution in [0.5, 0.6) is 0 Å². The van der Waals surface area contributed by atoms with E-state index in [4.69, 9.17) is 0 Å². The average molecular weight is 275 g/mol. The number of aliphatic carboxylic acids is 1. The van der Waals surface area contributed by atoms with Gasteiger partial charge in [-0.25, -0.2) is 0 Å². The van der Waals surface area contributed by atoms with Gasteiger partial charge >= 0.3 is 5.97 Å². The number of hydrogen-bond acceptors (Lipinski definition) is 4. The lowest BCUT2D eigenvalue weighted by molar-refractivity contribution is -0.144. The Balaban J connectivity index is 2.27.